The summed E-state index contributed by atoms with van der Waals surface area (Å²) in [6.45, 7) is 8.28. The van der Waals surface area contributed by atoms with Crippen LogP contribution in [0.15, 0.2) is 0 Å². The fourth-order valence-electron chi connectivity index (χ4n) is 1.39. The molecule has 0 aromatic heterocycles. The molecular formula is C11H22N2O3. The lowest BCUT2D eigenvalue weighted by molar-refractivity contribution is -0.137. The van der Waals surface area contributed by atoms with Crippen LogP contribution in [0.1, 0.15) is 27.7 Å². The van der Waals surface area contributed by atoms with Crippen LogP contribution in [-0.2, 0) is 4.79 Å². The molecule has 16 heavy (non-hydrogen) atoms. The average molecular weight is 230 g/mol. The van der Waals surface area contributed by atoms with E-state index < -0.39 is 5.97 Å². The first kappa shape index (κ1) is 14.7. The van der Waals surface area contributed by atoms with E-state index in [0.717, 1.165) is 0 Å². The van der Waals surface area contributed by atoms with Crippen LogP contribution >= 0.6 is 0 Å². The third-order valence-electron chi connectivity index (χ3n) is 2.13. The highest BCUT2D eigenvalue weighted by Gasteiger charge is 2.22. The number of urea groups is 1. The van der Waals surface area contributed by atoms with Crippen molar-refractivity contribution in [3.8, 4) is 0 Å². The zero-order chi connectivity index (χ0) is 12.9. The number of rotatable bonds is 5. The van der Waals surface area contributed by atoms with Gasteiger partial charge < -0.3 is 14.9 Å². The standard InChI is InChI=1S/C11H22N2O3/c1-8(2)6-13(9(3)4)11(16)12(5)7-10(14)15/h8-9H,6-7H2,1-5H3,(H,14,15). The molecule has 0 aliphatic rings. The summed E-state index contributed by atoms with van der Waals surface area (Å²) >= 11 is 0. The van der Waals surface area contributed by atoms with Gasteiger partial charge in [0.2, 0.25) is 0 Å². The number of likely N-dealkylation sites (N-methyl/N-ethyl adjacent to an activating group) is 1. The van der Waals surface area contributed by atoms with Crippen molar-refractivity contribution in [1.29, 1.82) is 0 Å². The van der Waals surface area contributed by atoms with Crippen molar-refractivity contribution >= 4 is 12.0 Å². The van der Waals surface area contributed by atoms with E-state index in [-0.39, 0.29) is 18.6 Å². The summed E-state index contributed by atoms with van der Waals surface area (Å²) in [6, 6.07) is -0.155. The number of carboxylic acid groups (broad SMARTS) is 1. The second-order valence-electron chi connectivity index (χ2n) is 4.67. The lowest BCUT2D eigenvalue weighted by Crippen LogP contribution is -2.47. The number of hydrogen-bond donors (Lipinski definition) is 1. The number of aliphatic carboxylic acids is 1. The molecule has 0 rings (SSSR count). The molecule has 5 nitrogen and oxygen atoms in total. The van der Waals surface area contributed by atoms with E-state index in [1.54, 1.807) is 4.90 Å². The van der Waals surface area contributed by atoms with Gasteiger partial charge in [0.15, 0.2) is 0 Å². The van der Waals surface area contributed by atoms with Gasteiger partial charge in [0.1, 0.15) is 6.54 Å². The minimum Gasteiger partial charge on any atom is -0.480 e. The fourth-order valence-corrected chi connectivity index (χ4v) is 1.39. The van der Waals surface area contributed by atoms with E-state index in [0.29, 0.717) is 12.5 Å². The predicted molar refractivity (Wildman–Crippen MR) is 62.3 cm³/mol. The van der Waals surface area contributed by atoms with Crippen molar-refractivity contribution < 1.29 is 14.7 Å². The van der Waals surface area contributed by atoms with Gasteiger partial charge in [-0.15, -0.1) is 0 Å². The molecular weight excluding hydrogens is 208 g/mol. The van der Waals surface area contributed by atoms with Crippen LogP contribution in [-0.4, -0.2) is 53.1 Å². The highest BCUT2D eigenvalue weighted by molar-refractivity contribution is 5.80. The topological polar surface area (TPSA) is 60.9 Å². The Morgan fingerprint density at radius 1 is 1.19 bits per heavy atom. The van der Waals surface area contributed by atoms with Crippen LogP contribution < -0.4 is 0 Å². The van der Waals surface area contributed by atoms with Gasteiger partial charge in [-0.2, -0.15) is 0 Å². The van der Waals surface area contributed by atoms with E-state index in [2.05, 4.69) is 0 Å². The maximum absolute atomic E-state index is 11.9. The van der Waals surface area contributed by atoms with Crippen molar-refractivity contribution in [2.75, 3.05) is 20.1 Å². The fraction of sp³-hybridized carbons (Fsp3) is 0.818. The summed E-state index contributed by atoms with van der Waals surface area (Å²) in [6.07, 6.45) is 0. The molecule has 0 heterocycles. The van der Waals surface area contributed by atoms with Crippen molar-refractivity contribution in [1.82, 2.24) is 9.80 Å². The van der Waals surface area contributed by atoms with Crippen LogP contribution in [0.25, 0.3) is 0 Å². The van der Waals surface area contributed by atoms with Crippen LogP contribution in [0.2, 0.25) is 0 Å². The molecule has 0 fully saturated rings. The third kappa shape index (κ3) is 5.00. The number of amides is 2. The Morgan fingerprint density at radius 2 is 1.69 bits per heavy atom. The number of carbonyl (C=O) groups excluding carboxylic acids is 1. The molecule has 0 aromatic rings. The maximum Gasteiger partial charge on any atom is 0.323 e. The first-order valence-corrected chi connectivity index (χ1v) is 5.49. The number of carbonyl (C=O) groups is 2. The zero-order valence-corrected chi connectivity index (χ0v) is 10.7. The summed E-state index contributed by atoms with van der Waals surface area (Å²) < 4.78 is 0. The third-order valence-corrected chi connectivity index (χ3v) is 2.13. The minimum atomic E-state index is -0.996. The van der Waals surface area contributed by atoms with Crippen LogP contribution in [0, 0.1) is 5.92 Å². The molecule has 0 bridgehead atoms. The predicted octanol–water partition coefficient (Wildman–Crippen LogP) is 1.49. The smallest absolute Gasteiger partial charge is 0.323 e. The molecule has 0 saturated heterocycles. The molecule has 1 N–H and O–H groups in total. The van der Waals surface area contributed by atoms with Crippen molar-refractivity contribution in [3.05, 3.63) is 0 Å². The summed E-state index contributed by atoms with van der Waals surface area (Å²) in [5, 5.41) is 8.62. The van der Waals surface area contributed by atoms with Gasteiger partial charge in [-0.3, -0.25) is 4.79 Å². The largest absolute Gasteiger partial charge is 0.480 e. The highest BCUT2D eigenvalue weighted by atomic mass is 16.4. The van der Waals surface area contributed by atoms with Gasteiger partial charge >= 0.3 is 12.0 Å². The van der Waals surface area contributed by atoms with Gasteiger partial charge in [-0.05, 0) is 19.8 Å². The van der Waals surface area contributed by atoms with E-state index >= 15 is 0 Å². The van der Waals surface area contributed by atoms with Crippen molar-refractivity contribution in [3.63, 3.8) is 0 Å². The van der Waals surface area contributed by atoms with Crippen LogP contribution in [0.5, 0.6) is 0 Å². The second kappa shape index (κ2) is 6.35. The van der Waals surface area contributed by atoms with Gasteiger partial charge in [0, 0.05) is 19.6 Å². The molecule has 94 valence electrons. The van der Waals surface area contributed by atoms with Gasteiger partial charge in [0.05, 0.1) is 0 Å². The lowest BCUT2D eigenvalue weighted by Gasteiger charge is -2.32. The Labute approximate surface area is 97.0 Å². The van der Waals surface area contributed by atoms with Gasteiger partial charge in [-0.25, -0.2) is 4.79 Å². The molecule has 0 aromatic carbocycles. The second-order valence-corrected chi connectivity index (χ2v) is 4.67. The first-order chi connectivity index (χ1) is 7.25. The molecule has 0 radical (unpaired) electrons. The summed E-state index contributed by atoms with van der Waals surface area (Å²) in [5.41, 5.74) is 0. The first-order valence-electron chi connectivity index (χ1n) is 5.49. The van der Waals surface area contributed by atoms with Gasteiger partial charge in [-0.1, -0.05) is 13.8 Å². The quantitative estimate of drug-likeness (QED) is 0.778. The lowest BCUT2D eigenvalue weighted by atomic mass is 10.2. The monoisotopic (exact) mass is 230 g/mol. The van der Waals surface area contributed by atoms with Crippen LogP contribution in [0.3, 0.4) is 0 Å². The molecule has 0 saturated carbocycles. The van der Waals surface area contributed by atoms with E-state index in [9.17, 15) is 9.59 Å². The van der Waals surface area contributed by atoms with Crippen molar-refractivity contribution in [2.24, 2.45) is 5.92 Å². The Morgan fingerprint density at radius 3 is 2.00 bits per heavy atom. The number of carboxylic acids is 1. The number of hydrogen-bond acceptors (Lipinski definition) is 2. The SMILES string of the molecule is CC(C)CN(C(=O)N(C)CC(=O)O)C(C)C. The molecule has 0 atom stereocenters. The molecule has 0 unspecified atom stereocenters. The van der Waals surface area contributed by atoms with Crippen molar-refractivity contribution in [2.45, 2.75) is 33.7 Å². The van der Waals surface area contributed by atoms with E-state index in [4.69, 9.17) is 5.11 Å². The van der Waals surface area contributed by atoms with E-state index in [1.807, 2.05) is 27.7 Å². The molecule has 0 aliphatic heterocycles. The Kier molecular flexibility index (Phi) is 5.85. The minimum absolute atomic E-state index is 0.0751. The average Bonchev–Trinajstić information content (AvgIpc) is 2.11. The molecule has 5 heteroatoms. The number of nitrogens with zero attached hydrogens (tertiary/aromatic N) is 2. The molecule has 0 aliphatic carbocycles. The summed E-state index contributed by atoms with van der Waals surface area (Å²) in [5.74, 6) is -0.631. The summed E-state index contributed by atoms with van der Waals surface area (Å²) in [4.78, 5) is 25.4. The highest BCUT2D eigenvalue weighted by Crippen LogP contribution is 2.07. The Bertz CT molecular complexity index is 252. The zero-order valence-electron chi connectivity index (χ0n) is 10.7. The Balaban J connectivity index is 4.54. The maximum atomic E-state index is 11.9. The molecule has 0 spiro atoms. The van der Waals surface area contributed by atoms with E-state index in [1.165, 1.54) is 11.9 Å². The summed E-state index contributed by atoms with van der Waals surface area (Å²) in [7, 11) is 1.51. The normalized spacial score (nSPS) is 10.7. The van der Waals surface area contributed by atoms with Crippen LogP contribution in [0.4, 0.5) is 4.79 Å². The molecule has 2 amide bonds. The van der Waals surface area contributed by atoms with Gasteiger partial charge in [0.25, 0.3) is 0 Å². The Hall–Kier alpha value is -1.26.